The molecule has 160 valence electrons. The highest BCUT2D eigenvalue weighted by molar-refractivity contribution is 6.16. The van der Waals surface area contributed by atoms with Gasteiger partial charge in [0.1, 0.15) is 11.6 Å². The number of carbonyl (C=O) groups excluding carboxylic acids is 2. The second kappa shape index (κ2) is 7.17. The molecule has 2 amide bonds. The molecule has 4 heterocycles. The van der Waals surface area contributed by atoms with Crippen LogP contribution in [0, 0.1) is 0 Å². The van der Waals surface area contributed by atoms with Crippen LogP contribution in [0.1, 0.15) is 24.0 Å². The molecule has 32 heavy (non-hydrogen) atoms. The van der Waals surface area contributed by atoms with E-state index in [0.717, 1.165) is 29.7 Å². The average molecular weight is 425 g/mol. The van der Waals surface area contributed by atoms with E-state index in [2.05, 4.69) is 15.5 Å². The SMILES string of the molecule is O=C1[C@@H]2CCCN2[C@@]2(C(=O)Nc3ccccc32)N1c1cccc(NCc2ccccc2)n1. The molecular formula is C25H23N5O2. The first-order chi connectivity index (χ1) is 15.7. The average Bonchev–Trinajstić information content (AvgIpc) is 3.48. The standard InChI is InChI=1S/C25H23N5O2/c31-23-20-12-7-15-29(20)25(18-10-4-5-11-19(18)27-24(25)32)30(23)22-14-6-13-21(28-22)26-16-17-8-2-1-3-9-17/h1-6,8-11,13-14,20H,7,12,15-16H2,(H,26,28)(H,27,32)/t20-,25+/m0/s1. The summed E-state index contributed by atoms with van der Waals surface area (Å²) in [7, 11) is 0. The molecule has 3 aliphatic heterocycles. The van der Waals surface area contributed by atoms with Crippen molar-refractivity contribution in [1.82, 2.24) is 9.88 Å². The summed E-state index contributed by atoms with van der Waals surface area (Å²) in [4.78, 5) is 35.6. The number of aromatic nitrogens is 1. The van der Waals surface area contributed by atoms with Crippen LogP contribution in [-0.2, 0) is 21.8 Å². The van der Waals surface area contributed by atoms with E-state index in [1.165, 1.54) is 0 Å². The maximum absolute atomic E-state index is 13.6. The van der Waals surface area contributed by atoms with Crippen LogP contribution in [0.4, 0.5) is 17.3 Å². The van der Waals surface area contributed by atoms with Crippen LogP contribution in [0.2, 0.25) is 0 Å². The number of para-hydroxylation sites is 1. The van der Waals surface area contributed by atoms with Crippen molar-refractivity contribution in [3.05, 3.63) is 83.9 Å². The van der Waals surface area contributed by atoms with Crippen LogP contribution in [-0.4, -0.2) is 34.3 Å². The van der Waals surface area contributed by atoms with E-state index >= 15 is 0 Å². The molecule has 6 rings (SSSR count). The van der Waals surface area contributed by atoms with Gasteiger partial charge in [0.2, 0.25) is 11.6 Å². The zero-order valence-electron chi connectivity index (χ0n) is 17.5. The Kier molecular flexibility index (Phi) is 4.26. The molecule has 3 aliphatic rings. The summed E-state index contributed by atoms with van der Waals surface area (Å²) in [6.45, 7) is 1.31. The van der Waals surface area contributed by atoms with Gasteiger partial charge < -0.3 is 10.6 Å². The van der Waals surface area contributed by atoms with E-state index in [9.17, 15) is 9.59 Å². The van der Waals surface area contributed by atoms with E-state index < -0.39 is 5.66 Å². The predicted molar refractivity (Wildman–Crippen MR) is 122 cm³/mol. The molecule has 0 unspecified atom stereocenters. The van der Waals surface area contributed by atoms with Gasteiger partial charge in [-0.25, -0.2) is 4.98 Å². The number of rotatable bonds is 4. The zero-order chi connectivity index (χ0) is 21.7. The van der Waals surface area contributed by atoms with Gasteiger partial charge in [-0.3, -0.25) is 19.4 Å². The minimum Gasteiger partial charge on any atom is -0.366 e. The highest BCUT2D eigenvalue weighted by Gasteiger charge is 2.67. The number of nitrogens with one attached hydrogen (secondary N) is 2. The highest BCUT2D eigenvalue weighted by atomic mass is 16.2. The van der Waals surface area contributed by atoms with Gasteiger partial charge in [0.25, 0.3) is 5.91 Å². The topological polar surface area (TPSA) is 77.6 Å². The number of amides is 2. The molecule has 2 N–H and O–H groups in total. The van der Waals surface area contributed by atoms with Crippen LogP contribution in [0.5, 0.6) is 0 Å². The van der Waals surface area contributed by atoms with Gasteiger partial charge in [-0.1, -0.05) is 54.6 Å². The zero-order valence-corrected chi connectivity index (χ0v) is 17.5. The number of pyridine rings is 1. The summed E-state index contributed by atoms with van der Waals surface area (Å²) in [6.07, 6.45) is 1.64. The molecular weight excluding hydrogens is 402 g/mol. The lowest BCUT2D eigenvalue weighted by Gasteiger charge is -2.37. The van der Waals surface area contributed by atoms with Crippen LogP contribution in [0.3, 0.4) is 0 Å². The predicted octanol–water partition coefficient (Wildman–Crippen LogP) is 3.31. The van der Waals surface area contributed by atoms with Crippen molar-refractivity contribution >= 4 is 29.1 Å². The molecule has 2 saturated heterocycles. The van der Waals surface area contributed by atoms with Crippen molar-refractivity contribution in [2.45, 2.75) is 31.1 Å². The van der Waals surface area contributed by atoms with Crippen LogP contribution in [0.15, 0.2) is 72.8 Å². The number of hydrogen-bond acceptors (Lipinski definition) is 5. The van der Waals surface area contributed by atoms with E-state index in [1.807, 2.05) is 72.8 Å². The second-order valence-electron chi connectivity index (χ2n) is 8.42. The normalized spacial score (nSPS) is 24.0. The van der Waals surface area contributed by atoms with Crippen molar-refractivity contribution < 1.29 is 9.59 Å². The molecule has 0 radical (unpaired) electrons. The minimum atomic E-state index is -1.19. The Morgan fingerprint density at radius 1 is 1.00 bits per heavy atom. The summed E-state index contributed by atoms with van der Waals surface area (Å²) < 4.78 is 0. The van der Waals surface area contributed by atoms with E-state index in [-0.39, 0.29) is 17.9 Å². The van der Waals surface area contributed by atoms with Crippen molar-refractivity contribution in [1.29, 1.82) is 0 Å². The van der Waals surface area contributed by atoms with Gasteiger partial charge in [0.15, 0.2) is 0 Å². The summed E-state index contributed by atoms with van der Waals surface area (Å²) >= 11 is 0. The van der Waals surface area contributed by atoms with Crippen molar-refractivity contribution in [3.63, 3.8) is 0 Å². The maximum atomic E-state index is 13.6. The van der Waals surface area contributed by atoms with Crippen molar-refractivity contribution in [2.24, 2.45) is 0 Å². The molecule has 0 saturated carbocycles. The van der Waals surface area contributed by atoms with Crippen molar-refractivity contribution in [2.75, 3.05) is 22.1 Å². The fourth-order valence-electron chi connectivity index (χ4n) is 5.30. The molecule has 2 aromatic carbocycles. The summed E-state index contributed by atoms with van der Waals surface area (Å²) in [5.74, 6) is 0.880. The third kappa shape index (κ3) is 2.61. The first-order valence-corrected chi connectivity index (χ1v) is 11.0. The van der Waals surface area contributed by atoms with Gasteiger partial charge >= 0.3 is 0 Å². The first kappa shape index (κ1) is 19.0. The molecule has 1 aromatic heterocycles. The third-order valence-corrected chi connectivity index (χ3v) is 6.64. The maximum Gasteiger partial charge on any atom is 0.271 e. The Labute approximate surface area is 186 Å². The summed E-state index contributed by atoms with van der Waals surface area (Å²) in [6, 6.07) is 23.0. The highest BCUT2D eigenvalue weighted by Crippen LogP contribution is 2.52. The first-order valence-electron chi connectivity index (χ1n) is 11.0. The van der Waals surface area contributed by atoms with Gasteiger partial charge in [-0.15, -0.1) is 0 Å². The molecule has 1 spiro atoms. The number of nitrogens with zero attached hydrogens (tertiary/aromatic N) is 3. The Morgan fingerprint density at radius 3 is 2.69 bits per heavy atom. The van der Waals surface area contributed by atoms with E-state index in [4.69, 9.17) is 4.98 Å². The molecule has 0 bridgehead atoms. The van der Waals surface area contributed by atoms with Gasteiger partial charge in [-0.2, -0.15) is 0 Å². The minimum absolute atomic E-state index is 0.0675. The molecule has 7 nitrogen and oxygen atoms in total. The smallest absolute Gasteiger partial charge is 0.271 e. The lowest BCUT2D eigenvalue weighted by atomic mass is 9.98. The van der Waals surface area contributed by atoms with Gasteiger partial charge in [0.05, 0.1) is 6.04 Å². The van der Waals surface area contributed by atoms with E-state index in [0.29, 0.717) is 24.7 Å². The Hall–Kier alpha value is -3.71. The quantitative estimate of drug-likeness (QED) is 0.671. The lowest BCUT2D eigenvalue weighted by Crippen LogP contribution is -2.56. The third-order valence-electron chi connectivity index (χ3n) is 6.64. The fraction of sp³-hybridized carbons (Fsp3) is 0.240. The largest absolute Gasteiger partial charge is 0.366 e. The van der Waals surface area contributed by atoms with E-state index in [1.54, 1.807) is 4.90 Å². The number of carbonyl (C=O) groups is 2. The molecule has 7 heteroatoms. The number of fused-ring (bicyclic) bond motifs is 4. The number of hydrogen-bond donors (Lipinski definition) is 2. The monoisotopic (exact) mass is 425 g/mol. The Morgan fingerprint density at radius 2 is 1.81 bits per heavy atom. The lowest BCUT2D eigenvalue weighted by molar-refractivity contribution is -0.126. The Balaban J connectivity index is 1.42. The molecule has 2 atom stereocenters. The molecule has 3 aromatic rings. The molecule has 0 aliphatic carbocycles. The van der Waals surface area contributed by atoms with Gasteiger partial charge in [-0.05, 0) is 36.6 Å². The Bertz CT molecular complexity index is 1210. The van der Waals surface area contributed by atoms with Crippen molar-refractivity contribution in [3.8, 4) is 0 Å². The van der Waals surface area contributed by atoms with Crippen LogP contribution >= 0.6 is 0 Å². The second-order valence-corrected chi connectivity index (χ2v) is 8.42. The van der Waals surface area contributed by atoms with Crippen LogP contribution < -0.4 is 15.5 Å². The fourth-order valence-corrected chi connectivity index (χ4v) is 5.30. The molecule has 2 fully saturated rings. The number of benzene rings is 2. The summed E-state index contributed by atoms with van der Waals surface area (Å²) in [5, 5.41) is 6.34. The van der Waals surface area contributed by atoms with Crippen LogP contribution in [0.25, 0.3) is 0 Å². The number of anilines is 3. The van der Waals surface area contributed by atoms with Gasteiger partial charge in [0, 0.05) is 24.3 Å². The summed E-state index contributed by atoms with van der Waals surface area (Å²) in [5.41, 5.74) is 1.51.